The molecule has 1 N–H and O–H groups in total. The van der Waals surface area contributed by atoms with Crippen molar-refractivity contribution in [3.8, 4) is 5.75 Å². The molecule has 1 aliphatic heterocycles. The molecule has 3 heterocycles. The number of carbonyl (C=O) groups excluding carboxylic acids is 1. The molecule has 1 saturated heterocycles. The standard InChI is InChI=1S/C25H30ClN3O5/c1-15-13-33-25(3,12-16(2)30)14-29(15)24(31)17-9-20-23(21(10-17)32-4)34-22(28-20)6-5-19-11-18(26)7-8-27-19/h7-11,15-16,30H,5-6,12-14H2,1-4H3/t15-,16?,25?/m1/s1. The summed E-state index contributed by atoms with van der Waals surface area (Å²) < 4.78 is 17.5. The third kappa shape index (κ3) is 5.35. The van der Waals surface area contributed by atoms with Crippen molar-refractivity contribution in [1.29, 1.82) is 0 Å². The highest BCUT2D eigenvalue weighted by molar-refractivity contribution is 6.30. The lowest BCUT2D eigenvalue weighted by Gasteiger charge is -2.44. The number of aromatic nitrogens is 2. The summed E-state index contributed by atoms with van der Waals surface area (Å²) in [5, 5.41) is 10.5. The average Bonchev–Trinajstić information content (AvgIpc) is 3.21. The number of rotatable bonds is 7. The molecule has 2 aromatic heterocycles. The molecule has 0 saturated carbocycles. The maximum Gasteiger partial charge on any atom is 0.254 e. The summed E-state index contributed by atoms with van der Waals surface area (Å²) in [4.78, 5) is 24.2. The predicted octanol–water partition coefficient (Wildman–Crippen LogP) is 4.06. The van der Waals surface area contributed by atoms with E-state index in [1.54, 1.807) is 36.2 Å². The first-order valence-corrected chi connectivity index (χ1v) is 11.8. The van der Waals surface area contributed by atoms with Gasteiger partial charge < -0.3 is 23.9 Å². The van der Waals surface area contributed by atoms with Crippen molar-refractivity contribution in [2.24, 2.45) is 0 Å². The highest BCUT2D eigenvalue weighted by Crippen LogP contribution is 2.32. The molecular formula is C25H30ClN3O5. The first kappa shape index (κ1) is 24.4. The monoisotopic (exact) mass is 487 g/mol. The summed E-state index contributed by atoms with van der Waals surface area (Å²) in [6, 6.07) is 6.87. The summed E-state index contributed by atoms with van der Waals surface area (Å²) in [6.45, 7) is 6.39. The van der Waals surface area contributed by atoms with Crippen LogP contribution in [-0.4, -0.2) is 63.9 Å². The zero-order valence-electron chi connectivity index (χ0n) is 19.9. The van der Waals surface area contributed by atoms with E-state index in [2.05, 4.69) is 9.97 Å². The zero-order chi connectivity index (χ0) is 24.5. The number of benzene rings is 1. The second kappa shape index (κ2) is 9.90. The second-order valence-electron chi connectivity index (χ2n) is 9.20. The molecular weight excluding hydrogens is 458 g/mol. The summed E-state index contributed by atoms with van der Waals surface area (Å²) in [5.41, 5.74) is 1.76. The van der Waals surface area contributed by atoms with Crippen LogP contribution in [0.3, 0.4) is 0 Å². The van der Waals surface area contributed by atoms with Gasteiger partial charge in [-0.2, -0.15) is 0 Å². The van der Waals surface area contributed by atoms with E-state index < -0.39 is 11.7 Å². The second-order valence-corrected chi connectivity index (χ2v) is 9.63. The number of nitrogens with zero attached hydrogens (tertiary/aromatic N) is 3. The Morgan fingerprint density at radius 3 is 2.88 bits per heavy atom. The van der Waals surface area contributed by atoms with Crippen LogP contribution in [-0.2, 0) is 17.6 Å². The van der Waals surface area contributed by atoms with Crippen LogP contribution >= 0.6 is 11.6 Å². The van der Waals surface area contributed by atoms with E-state index in [-0.39, 0.29) is 11.9 Å². The molecule has 1 fully saturated rings. The van der Waals surface area contributed by atoms with Crippen LogP contribution < -0.4 is 4.74 Å². The highest BCUT2D eigenvalue weighted by atomic mass is 35.5. The Morgan fingerprint density at radius 1 is 1.38 bits per heavy atom. The number of pyridine rings is 1. The van der Waals surface area contributed by atoms with Gasteiger partial charge in [0.25, 0.3) is 5.91 Å². The van der Waals surface area contributed by atoms with Gasteiger partial charge in [0.2, 0.25) is 0 Å². The fourth-order valence-corrected chi connectivity index (χ4v) is 4.59. The summed E-state index contributed by atoms with van der Waals surface area (Å²) in [5.74, 6) is 0.845. The first-order chi connectivity index (χ1) is 16.2. The number of hydrogen-bond donors (Lipinski definition) is 1. The molecule has 1 aromatic carbocycles. The zero-order valence-corrected chi connectivity index (χ0v) is 20.6. The number of amides is 1. The number of aryl methyl sites for hydroxylation is 2. The molecule has 0 aliphatic carbocycles. The third-order valence-electron chi connectivity index (χ3n) is 6.04. The minimum Gasteiger partial charge on any atom is -0.493 e. The van der Waals surface area contributed by atoms with E-state index in [0.29, 0.717) is 65.7 Å². The van der Waals surface area contributed by atoms with Crippen LogP contribution in [0.5, 0.6) is 5.75 Å². The molecule has 2 unspecified atom stereocenters. The Morgan fingerprint density at radius 2 is 2.18 bits per heavy atom. The largest absolute Gasteiger partial charge is 0.493 e. The van der Waals surface area contributed by atoms with Gasteiger partial charge in [0.1, 0.15) is 5.52 Å². The summed E-state index contributed by atoms with van der Waals surface area (Å²) in [6.07, 6.45) is 2.74. The van der Waals surface area contributed by atoms with E-state index in [1.165, 1.54) is 7.11 Å². The Labute approximate surface area is 203 Å². The SMILES string of the molecule is COc1cc(C(=O)N2CC(C)(CC(C)O)OC[C@H]2C)cc2nc(CCc3cc(Cl)ccn3)oc12. The van der Waals surface area contributed by atoms with Gasteiger partial charge in [-0.3, -0.25) is 9.78 Å². The number of carbonyl (C=O) groups is 1. The molecule has 3 aromatic rings. The minimum absolute atomic E-state index is 0.102. The van der Waals surface area contributed by atoms with E-state index in [4.69, 9.17) is 25.5 Å². The van der Waals surface area contributed by atoms with Crippen LogP contribution in [0.15, 0.2) is 34.9 Å². The maximum absolute atomic E-state index is 13.5. The molecule has 0 radical (unpaired) electrons. The Balaban J connectivity index is 1.58. The molecule has 34 heavy (non-hydrogen) atoms. The van der Waals surface area contributed by atoms with Crippen LogP contribution in [0.2, 0.25) is 5.02 Å². The lowest BCUT2D eigenvalue weighted by atomic mass is 9.94. The summed E-state index contributed by atoms with van der Waals surface area (Å²) >= 11 is 6.04. The minimum atomic E-state index is -0.611. The summed E-state index contributed by atoms with van der Waals surface area (Å²) in [7, 11) is 1.54. The van der Waals surface area contributed by atoms with Crippen LogP contribution in [0.1, 0.15) is 49.1 Å². The quantitative estimate of drug-likeness (QED) is 0.536. The number of aliphatic hydroxyl groups is 1. The number of hydrogen-bond acceptors (Lipinski definition) is 7. The number of fused-ring (bicyclic) bond motifs is 1. The van der Waals surface area contributed by atoms with Crippen LogP contribution in [0.4, 0.5) is 0 Å². The number of methoxy groups -OCH3 is 1. The number of ether oxygens (including phenoxy) is 2. The highest BCUT2D eigenvalue weighted by Gasteiger charge is 2.39. The molecule has 0 spiro atoms. The normalized spacial score (nSPS) is 21.6. The fraction of sp³-hybridized carbons (Fsp3) is 0.480. The molecule has 1 amide bonds. The van der Waals surface area contributed by atoms with Gasteiger partial charge in [0, 0.05) is 35.3 Å². The molecule has 4 rings (SSSR count). The van der Waals surface area contributed by atoms with Crippen molar-refractivity contribution < 1.29 is 23.8 Å². The number of oxazole rings is 1. The van der Waals surface area contributed by atoms with Crippen molar-refractivity contribution in [3.05, 3.63) is 52.6 Å². The predicted molar refractivity (Wildman–Crippen MR) is 128 cm³/mol. The van der Waals surface area contributed by atoms with Gasteiger partial charge >= 0.3 is 0 Å². The van der Waals surface area contributed by atoms with Crippen LogP contribution in [0, 0.1) is 0 Å². The van der Waals surface area contributed by atoms with Gasteiger partial charge in [-0.25, -0.2) is 4.98 Å². The average molecular weight is 488 g/mol. The van der Waals surface area contributed by atoms with Gasteiger partial charge in [-0.05, 0) is 51.5 Å². The van der Waals surface area contributed by atoms with E-state index in [0.717, 1.165) is 5.69 Å². The first-order valence-electron chi connectivity index (χ1n) is 11.4. The van der Waals surface area contributed by atoms with Crippen molar-refractivity contribution in [2.45, 2.75) is 57.8 Å². The Hall–Kier alpha value is -2.68. The molecule has 182 valence electrons. The van der Waals surface area contributed by atoms with Gasteiger partial charge in [-0.15, -0.1) is 0 Å². The number of morpholine rings is 1. The molecule has 8 nitrogen and oxygen atoms in total. The number of aliphatic hydroxyl groups excluding tert-OH is 1. The van der Waals surface area contributed by atoms with Gasteiger partial charge in [0.15, 0.2) is 17.2 Å². The Kier molecular flexibility index (Phi) is 7.12. The van der Waals surface area contributed by atoms with Crippen molar-refractivity contribution in [2.75, 3.05) is 20.3 Å². The molecule has 9 heteroatoms. The molecule has 3 atom stereocenters. The van der Waals surface area contributed by atoms with Crippen molar-refractivity contribution in [1.82, 2.24) is 14.9 Å². The molecule has 0 bridgehead atoms. The third-order valence-corrected chi connectivity index (χ3v) is 6.27. The maximum atomic E-state index is 13.5. The Bertz CT molecular complexity index is 1180. The topological polar surface area (TPSA) is 97.9 Å². The van der Waals surface area contributed by atoms with E-state index >= 15 is 0 Å². The fourth-order valence-electron chi connectivity index (χ4n) is 4.41. The smallest absolute Gasteiger partial charge is 0.254 e. The van der Waals surface area contributed by atoms with Gasteiger partial charge in [0.05, 0.1) is 38.0 Å². The lowest BCUT2D eigenvalue weighted by Crippen LogP contribution is -2.57. The van der Waals surface area contributed by atoms with E-state index in [9.17, 15) is 9.90 Å². The van der Waals surface area contributed by atoms with Crippen LogP contribution in [0.25, 0.3) is 11.1 Å². The van der Waals surface area contributed by atoms with Crippen molar-refractivity contribution in [3.63, 3.8) is 0 Å². The van der Waals surface area contributed by atoms with Crippen molar-refractivity contribution >= 4 is 28.6 Å². The van der Waals surface area contributed by atoms with Gasteiger partial charge in [-0.1, -0.05) is 11.6 Å². The molecule has 1 aliphatic rings. The number of halogens is 1. The lowest BCUT2D eigenvalue weighted by molar-refractivity contribution is -0.124. The van der Waals surface area contributed by atoms with E-state index in [1.807, 2.05) is 19.9 Å².